The van der Waals surface area contributed by atoms with Gasteiger partial charge in [0, 0.05) is 0 Å². The number of alkyl halides is 6. The first-order valence-corrected chi connectivity index (χ1v) is 5.74. The monoisotopic (exact) mass is 340 g/mol. The van der Waals surface area contributed by atoms with E-state index in [0.717, 1.165) is 12.1 Å². The highest BCUT2D eigenvalue weighted by Gasteiger charge is 2.38. The van der Waals surface area contributed by atoms with Crippen molar-refractivity contribution in [3.63, 3.8) is 0 Å². The van der Waals surface area contributed by atoms with Crippen LogP contribution in [0.25, 0.3) is 0 Å². The predicted molar refractivity (Wildman–Crippen MR) is 62.0 cm³/mol. The van der Waals surface area contributed by atoms with Crippen molar-refractivity contribution < 1.29 is 41.0 Å². The van der Waals surface area contributed by atoms with Crippen molar-refractivity contribution in [3.8, 4) is 11.6 Å². The molecule has 1 N–H and O–H groups in total. The van der Waals surface area contributed by atoms with Crippen LogP contribution < -0.4 is 4.74 Å². The lowest BCUT2D eigenvalue weighted by Crippen LogP contribution is -2.19. The quantitative estimate of drug-likeness (QED) is 0.862. The zero-order valence-corrected chi connectivity index (χ0v) is 10.8. The van der Waals surface area contributed by atoms with Crippen LogP contribution in [0.1, 0.15) is 15.9 Å². The van der Waals surface area contributed by atoms with Crippen LogP contribution in [-0.2, 0) is 12.5 Å². The maximum atomic E-state index is 12.7. The lowest BCUT2D eigenvalue weighted by Gasteiger charge is -2.13. The van der Waals surface area contributed by atoms with E-state index in [1.807, 2.05) is 0 Å². The Hall–Kier alpha value is -2.72. The van der Waals surface area contributed by atoms with Crippen molar-refractivity contribution in [2.75, 3.05) is 0 Å². The maximum absolute atomic E-state index is 12.7. The summed E-state index contributed by atoms with van der Waals surface area (Å²) in [4.78, 5) is 10.9. The van der Waals surface area contributed by atoms with Crippen molar-refractivity contribution in [2.45, 2.75) is 12.5 Å². The Morgan fingerprint density at radius 1 is 1.09 bits per heavy atom. The van der Waals surface area contributed by atoms with Gasteiger partial charge in [-0.3, -0.25) is 0 Å². The molecular formula is C12H6F6N2O3. The van der Waals surface area contributed by atoms with Gasteiger partial charge in [0.15, 0.2) is 0 Å². The number of halogens is 6. The molecule has 11 heteroatoms. The summed E-state index contributed by atoms with van der Waals surface area (Å²) < 4.78 is 79.5. The second-order valence-electron chi connectivity index (χ2n) is 4.17. The summed E-state index contributed by atoms with van der Waals surface area (Å²) in [5.41, 5.74) is -1.92. The largest absolute Gasteiger partial charge is 0.507 e. The van der Waals surface area contributed by atoms with Gasteiger partial charge < -0.3 is 9.84 Å². The molecule has 0 aliphatic carbocycles. The standard InChI is InChI=1S/C12H6F6N2O3/c13-11(14,15)6-1-3-7(4-2-6)23-9-8(10(21)22)5-19-20(9)12(16,17)18/h1-5H,(H,21,22). The van der Waals surface area contributed by atoms with Crippen LogP contribution in [0, 0.1) is 0 Å². The van der Waals surface area contributed by atoms with Gasteiger partial charge in [0.25, 0.3) is 0 Å². The molecule has 0 spiro atoms. The molecule has 0 saturated heterocycles. The molecule has 0 radical (unpaired) electrons. The molecule has 0 atom stereocenters. The Morgan fingerprint density at radius 2 is 1.65 bits per heavy atom. The molecule has 23 heavy (non-hydrogen) atoms. The normalized spacial score (nSPS) is 12.3. The molecule has 0 aliphatic rings. The summed E-state index contributed by atoms with van der Waals surface area (Å²) in [6.07, 6.45) is -9.26. The van der Waals surface area contributed by atoms with Crippen molar-refractivity contribution >= 4 is 5.97 Å². The molecular weight excluding hydrogens is 334 g/mol. The molecule has 0 amide bonds. The van der Waals surface area contributed by atoms with Crippen LogP contribution in [0.5, 0.6) is 11.6 Å². The van der Waals surface area contributed by atoms with Crippen LogP contribution in [0.3, 0.4) is 0 Å². The Labute approximate surface area is 123 Å². The van der Waals surface area contributed by atoms with Gasteiger partial charge in [0.05, 0.1) is 11.8 Å². The third kappa shape index (κ3) is 3.55. The number of aromatic carboxylic acids is 1. The third-order valence-electron chi connectivity index (χ3n) is 2.59. The molecule has 0 unspecified atom stereocenters. The van der Waals surface area contributed by atoms with E-state index in [4.69, 9.17) is 9.84 Å². The number of aromatic nitrogens is 2. The van der Waals surface area contributed by atoms with Crippen LogP contribution >= 0.6 is 0 Å². The highest BCUT2D eigenvalue weighted by Crippen LogP contribution is 2.35. The van der Waals surface area contributed by atoms with E-state index < -0.39 is 45.9 Å². The average Bonchev–Trinajstić information content (AvgIpc) is 2.82. The second-order valence-corrected chi connectivity index (χ2v) is 4.17. The number of carbonyl (C=O) groups is 1. The number of ether oxygens (including phenoxy) is 1. The average molecular weight is 340 g/mol. The third-order valence-corrected chi connectivity index (χ3v) is 2.59. The van der Waals surface area contributed by atoms with Crippen LogP contribution in [0.4, 0.5) is 26.3 Å². The molecule has 0 fully saturated rings. The Kier molecular flexibility index (Phi) is 3.97. The van der Waals surface area contributed by atoms with Crippen molar-refractivity contribution in [3.05, 3.63) is 41.6 Å². The molecule has 0 aliphatic heterocycles. The zero-order chi connectivity index (χ0) is 17.4. The fourth-order valence-electron chi connectivity index (χ4n) is 1.59. The molecule has 0 saturated carbocycles. The van der Waals surface area contributed by atoms with Gasteiger partial charge in [-0.15, -0.1) is 17.9 Å². The van der Waals surface area contributed by atoms with E-state index >= 15 is 0 Å². The molecule has 124 valence electrons. The Bertz CT molecular complexity index is 718. The number of benzene rings is 1. The first kappa shape index (κ1) is 16.6. The molecule has 5 nitrogen and oxygen atoms in total. The fraction of sp³-hybridized carbons (Fsp3) is 0.167. The Morgan fingerprint density at radius 3 is 2.09 bits per heavy atom. The van der Waals surface area contributed by atoms with Gasteiger partial charge in [-0.05, 0) is 24.3 Å². The summed E-state index contributed by atoms with van der Waals surface area (Å²) in [5.74, 6) is -3.31. The fourth-order valence-corrected chi connectivity index (χ4v) is 1.59. The first-order chi connectivity index (χ1) is 10.5. The summed E-state index contributed by atoms with van der Waals surface area (Å²) in [7, 11) is 0. The second kappa shape index (κ2) is 5.48. The maximum Gasteiger partial charge on any atom is 0.507 e. The van der Waals surface area contributed by atoms with Gasteiger partial charge >= 0.3 is 18.4 Å². The zero-order valence-electron chi connectivity index (χ0n) is 10.8. The van der Waals surface area contributed by atoms with Crippen molar-refractivity contribution in [1.29, 1.82) is 0 Å². The van der Waals surface area contributed by atoms with E-state index in [0.29, 0.717) is 18.3 Å². The van der Waals surface area contributed by atoms with E-state index in [1.54, 1.807) is 0 Å². The van der Waals surface area contributed by atoms with Crippen molar-refractivity contribution in [1.82, 2.24) is 9.78 Å². The molecule has 2 aromatic rings. The number of hydrogen-bond acceptors (Lipinski definition) is 3. The number of nitrogens with zero attached hydrogens (tertiary/aromatic N) is 2. The highest BCUT2D eigenvalue weighted by atomic mass is 19.4. The first-order valence-electron chi connectivity index (χ1n) is 5.74. The van der Waals surface area contributed by atoms with Crippen LogP contribution in [0.2, 0.25) is 0 Å². The van der Waals surface area contributed by atoms with E-state index in [-0.39, 0.29) is 0 Å². The van der Waals surface area contributed by atoms with E-state index in [1.165, 1.54) is 0 Å². The molecule has 0 bridgehead atoms. The lowest BCUT2D eigenvalue weighted by molar-refractivity contribution is -0.214. The minimum atomic E-state index is -5.06. The summed E-state index contributed by atoms with van der Waals surface area (Å²) in [6, 6.07) is 2.71. The van der Waals surface area contributed by atoms with E-state index in [2.05, 4.69) is 5.10 Å². The van der Waals surface area contributed by atoms with Gasteiger partial charge in [-0.2, -0.15) is 18.3 Å². The number of carboxylic acids is 1. The van der Waals surface area contributed by atoms with Gasteiger partial charge in [-0.1, -0.05) is 0 Å². The SMILES string of the molecule is O=C(O)c1cnn(C(F)(F)F)c1Oc1ccc(C(F)(F)F)cc1. The number of rotatable bonds is 3. The number of hydrogen-bond donors (Lipinski definition) is 1. The van der Waals surface area contributed by atoms with Crippen molar-refractivity contribution in [2.24, 2.45) is 0 Å². The molecule has 1 heterocycles. The minimum Gasteiger partial charge on any atom is -0.477 e. The van der Waals surface area contributed by atoms with E-state index in [9.17, 15) is 31.1 Å². The van der Waals surface area contributed by atoms with Gasteiger partial charge in [-0.25, -0.2) is 4.79 Å². The molecule has 2 rings (SSSR count). The summed E-state index contributed by atoms with van der Waals surface area (Å²) in [6.45, 7) is 0. The summed E-state index contributed by atoms with van der Waals surface area (Å²) in [5, 5.41) is 11.7. The predicted octanol–water partition coefficient (Wildman–Crippen LogP) is 3.87. The van der Waals surface area contributed by atoms with Gasteiger partial charge in [0.1, 0.15) is 11.3 Å². The summed E-state index contributed by atoms with van der Waals surface area (Å²) >= 11 is 0. The van der Waals surface area contributed by atoms with Crippen LogP contribution in [0.15, 0.2) is 30.5 Å². The highest BCUT2D eigenvalue weighted by molar-refractivity contribution is 5.90. The lowest BCUT2D eigenvalue weighted by atomic mass is 10.2. The molecule has 1 aromatic carbocycles. The van der Waals surface area contributed by atoms with Crippen LogP contribution in [-0.4, -0.2) is 20.9 Å². The molecule has 1 aromatic heterocycles. The minimum absolute atomic E-state index is 0.411. The Balaban J connectivity index is 2.39. The topological polar surface area (TPSA) is 64.3 Å². The number of carboxylic acid groups (broad SMARTS) is 1. The smallest absolute Gasteiger partial charge is 0.477 e. The van der Waals surface area contributed by atoms with Gasteiger partial charge in [0.2, 0.25) is 5.88 Å².